The third kappa shape index (κ3) is 4.94. The standard InChI is InChI=1S/C19H30O2/c1-15-8-10-16(11-9-15)6-4-5-7-17-12-13-18(20-2)19(14-17)21-3/h12-16H,4-11H2,1-3H3. The number of hydrogen-bond donors (Lipinski definition) is 0. The smallest absolute Gasteiger partial charge is 0.160 e. The van der Waals surface area contributed by atoms with Gasteiger partial charge in [-0.15, -0.1) is 0 Å². The molecule has 0 spiro atoms. The molecular weight excluding hydrogens is 260 g/mol. The van der Waals surface area contributed by atoms with Crippen LogP contribution in [-0.4, -0.2) is 14.2 Å². The number of ether oxygens (including phenoxy) is 2. The summed E-state index contributed by atoms with van der Waals surface area (Å²) in [6.07, 6.45) is 11.0. The fraction of sp³-hybridized carbons (Fsp3) is 0.684. The van der Waals surface area contributed by atoms with Gasteiger partial charge in [0.05, 0.1) is 14.2 Å². The maximum Gasteiger partial charge on any atom is 0.160 e. The highest BCUT2D eigenvalue weighted by atomic mass is 16.5. The molecule has 118 valence electrons. The SMILES string of the molecule is COc1ccc(CCCCC2CCC(C)CC2)cc1OC. The van der Waals surface area contributed by atoms with Gasteiger partial charge in [-0.3, -0.25) is 0 Å². The summed E-state index contributed by atoms with van der Waals surface area (Å²) < 4.78 is 10.6. The van der Waals surface area contributed by atoms with Crippen molar-refractivity contribution in [2.75, 3.05) is 14.2 Å². The van der Waals surface area contributed by atoms with Gasteiger partial charge >= 0.3 is 0 Å². The van der Waals surface area contributed by atoms with Gasteiger partial charge in [-0.1, -0.05) is 51.5 Å². The number of hydrogen-bond acceptors (Lipinski definition) is 2. The van der Waals surface area contributed by atoms with E-state index < -0.39 is 0 Å². The summed E-state index contributed by atoms with van der Waals surface area (Å²) in [7, 11) is 3.38. The van der Waals surface area contributed by atoms with Gasteiger partial charge in [0.25, 0.3) is 0 Å². The van der Waals surface area contributed by atoms with Crippen molar-refractivity contribution in [3.63, 3.8) is 0 Å². The Balaban J connectivity index is 1.71. The van der Waals surface area contributed by atoms with Gasteiger partial charge in [-0.2, -0.15) is 0 Å². The molecule has 1 aromatic carbocycles. The Kier molecular flexibility index (Phi) is 6.41. The molecule has 1 saturated carbocycles. The molecule has 1 fully saturated rings. The quantitative estimate of drug-likeness (QED) is 0.639. The minimum absolute atomic E-state index is 0.817. The number of aryl methyl sites for hydroxylation is 1. The van der Waals surface area contributed by atoms with Crippen LogP contribution in [0.3, 0.4) is 0 Å². The van der Waals surface area contributed by atoms with E-state index in [9.17, 15) is 0 Å². The number of benzene rings is 1. The van der Waals surface area contributed by atoms with Crippen LogP contribution in [0.15, 0.2) is 18.2 Å². The molecule has 2 nitrogen and oxygen atoms in total. The van der Waals surface area contributed by atoms with Crippen LogP contribution in [-0.2, 0) is 6.42 Å². The molecule has 0 heterocycles. The maximum absolute atomic E-state index is 5.36. The van der Waals surface area contributed by atoms with Gasteiger partial charge in [0.15, 0.2) is 11.5 Å². The van der Waals surface area contributed by atoms with Crippen molar-refractivity contribution >= 4 is 0 Å². The second kappa shape index (κ2) is 8.31. The molecule has 1 aromatic rings. The van der Waals surface area contributed by atoms with E-state index in [4.69, 9.17) is 9.47 Å². The Morgan fingerprint density at radius 1 is 0.952 bits per heavy atom. The fourth-order valence-corrected chi connectivity index (χ4v) is 3.42. The molecule has 1 aliphatic carbocycles. The predicted octanol–water partition coefficient (Wildman–Crippen LogP) is 5.24. The summed E-state index contributed by atoms with van der Waals surface area (Å²) in [4.78, 5) is 0. The van der Waals surface area contributed by atoms with E-state index in [1.807, 2.05) is 6.07 Å². The van der Waals surface area contributed by atoms with Crippen LogP contribution in [0.2, 0.25) is 0 Å². The van der Waals surface area contributed by atoms with Crippen LogP contribution in [0.25, 0.3) is 0 Å². The summed E-state index contributed by atoms with van der Waals surface area (Å²) in [5.74, 6) is 3.62. The lowest BCUT2D eigenvalue weighted by atomic mass is 9.80. The average molecular weight is 290 g/mol. The molecule has 0 N–H and O–H groups in total. The summed E-state index contributed by atoms with van der Waals surface area (Å²) in [5, 5.41) is 0. The number of methoxy groups -OCH3 is 2. The predicted molar refractivity (Wildman–Crippen MR) is 88.2 cm³/mol. The van der Waals surface area contributed by atoms with Gasteiger partial charge in [0.2, 0.25) is 0 Å². The molecule has 0 bridgehead atoms. The van der Waals surface area contributed by atoms with Crippen LogP contribution < -0.4 is 9.47 Å². The second-order valence-corrected chi connectivity index (χ2v) is 6.56. The highest BCUT2D eigenvalue weighted by Crippen LogP contribution is 2.32. The molecule has 0 amide bonds. The van der Waals surface area contributed by atoms with Crippen molar-refractivity contribution in [3.05, 3.63) is 23.8 Å². The second-order valence-electron chi connectivity index (χ2n) is 6.56. The van der Waals surface area contributed by atoms with E-state index >= 15 is 0 Å². The highest BCUT2D eigenvalue weighted by molar-refractivity contribution is 5.42. The van der Waals surface area contributed by atoms with Crippen molar-refractivity contribution in [2.24, 2.45) is 11.8 Å². The van der Waals surface area contributed by atoms with Crippen LogP contribution in [0.4, 0.5) is 0 Å². The van der Waals surface area contributed by atoms with E-state index in [-0.39, 0.29) is 0 Å². The first-order valence-electron chi connectivity index (χ1n) is 8.43. The van der Waals surface area contributed by atoms with Crippen molar-refractivity contribution < 1.29 is 9.47 Å². The average Bonchev–Trinajstić information content (AvgIpc) is 2.53. The lowest BCUT2D eigenvalue weighted by Gasteiger charge is -2.26. The topological polar surface area (TPSA) is 18.5 Å². The maximum atomic E-state index is 5.36. The first-order chi connectivity index (χ1) is 10.2. The zero-order valence-electron chi connectivity index (χ0n) is 13.9. The molecule has 0 atom stereocenters. The summed E-state index contributed by atoms with van der Waals surface area (Å²) in [6, 6.07) is 6.28. The Labute approximate surface area is 129 Å². The Morgan fingerprint density at radius 2 is 1.67 bits per heavy atom. The van der Waals surface area contributed by atoms with Crippen molar-refractivity contribution in [3.8, 4) is 11.5 Å². The summed E-state index contributed by atoms with van der Waals surface area (Å²) >= 11 is 0. The molecule has 0 aliphatic heterocycles. The van der Waals surface area contributed by atoms with E-state index in [0.29, 0.717) is 0 Å². The lowest BCUT2D eigenvalue weighted by Crippen LogP contribution is -2.12. The van der Waals surface area contributed by atoms with Crippen LogP contribution in [0.5, 0.6) is 11.5 Å². The van der Waals surface area contributed by atoms with Crippen molar-refractivity contribution in [1.82, 2.24) is 0 Å². The fourth-order valence-electron chi connectivity index (χ4n) is 3.42. The van der Waals surface area contributed by atoms with Crippen LogP contribution in [0.1, 0.15) is 57.4 Å². The number of rotatable bonds is 7. The van der Waals surface area contributed by atoms with Gasteiger partial charge in [0.1, 0.15) is 0 Å². The van der Waals surface area contributed by atoms with Crippen molar-refractivity contribution in [1.29, 1.82) is 0 Å². The lowest BCUT2D eigenvalue weighted by molar-refractivity contribution is 0.272. The third-order valence-corrected chi connectivity index (χ3v) is 4.91. The van der Waals surface area contributed by atoms with Gasteiger partial charge in [-0.25, -0.2) is 0 Å². The highest BCUT2D eigenvalue weighted by Gasteiger charge is 2.17. The monoisotopic (exact) mass is 290 g/mol. The molecule has 2 rings (SSSR count). The minimum Gasteiger partial charge on any atom is -0.493 e. The molecule has 0 unspecified atom stereocenters. The molecule has 0 radical (unpaired) electrons. The molecule has 0 saturated heterocycles. The first-order valence-corrected chi connectivity index (χ1v) is 8.43. The Bertz CT molecular complexity index is 420. The van der Waals surface area contributed by atoms with Gasteiger partial charge < -0.3 is 9.47 Å². The zero-order chi connectivity index (χ0) is 15.1. The van der Waals surface area contributed by atoms with E-state index in [0.717, 1.165) is 29.8 Å². The third-order valence-electron chi connectivity index (χ3n) is 4.91. The normalized spacial score (nSPS) is 22.0. The van der Waals surface area contributed by atoms with Crippen LogP contribution >= 0.6 is 0 Å². The first kappa shape index (κ1) is 16.2. The van der Waals surface area contributed by atoms with Crippen LogP contribution in [0, 0.1) is 11.8 Å². The van der Waals surface area contributed by atoms with E-state index in [1.165, 1.54) is 50.5 Å². The van der Waals surface area contributed by atoms with Crippen molar-refractivity contribution in [2.45, 2.75) is 58.3 Å². The summed E-state index contributed by atoms with van der Waals surface area (Å²) in [6.45, 7) is 2.40. The summed E-state index contributed by atoms with van der Waals surface area (Å²) in [5.41, 5.74) is 1.35. The van der Waals surface area contributed by atoms with E-state index in [1.54, 1.807) is 14.2 Å². The van der Waals surface area contributed by atoms with Gasteiger partial charge in [0, 0.05) is 0 Å². The molecular formula is C19H30O2. The minimum atomic E-state index is 0.817. The molecule has 21 heavy (non-hydrogen) atoms. The number of unbranched alkanes of at least 4 members (excludes halogenated alkanes) is 1. The van der Waals surface area contributed by atoms with Gasteiger partial charge in [-0.05, 0) is 42.4 Å². The largest absolute Gasteiger partial charge is 0.493 e. The molecule has 1 aliphatic rings. The van der Waals surface area contributed by atoms with E-state index in [2.05, 4.69) is 19.1 Å². The Hall–Kier alpha value is -1.18. The molecule has 0 aromatic heterocycles. The molecule has 2 heteroatoms. The zero-order valence-corrected chi connectivity index (χ0v) is 13.9. The Morgan fingerprint density at radius 3 is 2.33 bits per heavy atom.